The van der Waals surface area contributed by atoms with Crippen molar-refractivity contribution in [2.24, 2.45) is 0 Å². The number of nitrogens with zero attached hydrogens (tertiary/aromatic N) is 2. The number of hydrogen-bond acceptors (Lipinski definition) is 3. The molecule has 2 heterocycles. The van der Waals surface area contributed by atoms with E-state index in [2.05, 4.69) is 28.6 Å². The fourth-order valence-electron chi connectivity index (χ4n) is 3.93. The lowest BCUT2D eigenvalue weighted by Crippen LogP contribution is -2.28. The van der Waals surface area contributed by atoms with E-state index in [9.17, 15) is 9.59 Å². The zero-order valence-corrected chi connectivity index (χ0v) is 15.7. The van der Waals surface area contributed by atoms with Crippen LogP contribution in [0.5, 0.6) is 0 Å². The van der Waals surface area contributed by atoms with Crippen molar-refractivity contribution in [3.8, 4) is 0 Å². The number of hydrogen-bond donors (Lipinski definition) is 2. The normalized spacial score (nSPS) is 15.9. The molecular weight excluding hydrogens is 340 g/mol. The Kier molecular flexibility index (Phi) is 4.58. The zero-order valence-electron chi connectivity index (χ0n) is 15.7. The Hall–Kier alpha value is -2.86. The van der Waals surface area contributed by atoms with Crippen LogP contribution in [0, 0.1) is 0 Å². The zero-order chi connectivity index (χ0) is 19.0. The van der Waals surface area contributed by atoms with Crippen molar-refractivity contribution < 1.29 is 9.59 Å². The molecule has 0 bridgehead atoms. The molecule has 2 N–H and O–H groups in total. The summed E-state index contributed by atoms with van der Waals surface area (Å²) in [7, 11) is 2.10. The van der Waals surface area contributed by atoms with Gasteiger partial charge < -0.3 is 20.4 Å². The molecule has 6 nitrogen and oxygen atoms in total. The van der Waals surface area contributed by atoms with Gasteiger partial charge >= 0.3 is 6.03 Å². The highest BCUT2D eigenvalue weighted by atomic mass is 16.2. The van der Waals surface area contributed by atoms with Gasteiger partial charge in [-0.15, -0.1) is 0 Å². The van der Waals surface area contributed by atoms with E-state index in [0.717, 1.165) is 42.9 Å². The molecule has 0 aliphatic carbocycles. The van der Waals surface area contributed by atoms with Crippen LogP contribution in [0.1, 0.15) is 23.6 Å². The van der Waals surface area contributed by atoms with Crippen LogP contribution in [0.2, 0.25) is 0 Å². The largest absolute Gasteiger partial charge is 0.323 e. The minimum atomic E-state index is -0.303. The summed E-state index contributed by atoms with van der Waals surface area (Å²) in [5.41, 5.74) is 5.93. The van der Waals surface area contributed by atoms with Gasteiger partial charge in [-0.3, -0.25) is 4.79 Å². The van der Waals surface area contributed by atoms with Crippen molar-refractivity contribution in [3.63, 3.8) is 0 Å². The quantitative estimate of drug-likeness (QED) is 0.860. The molecule has 0 saturated heterocycles. The maximum absolute atomic E-state index is 12.6. The Morgan fingerprint density at radius 2 is 1.78 bits per heavy atom. The SMILES string of the molecule is CC(=O)N1CCc2cccc(NC(=O)Nc3ccc4c(c3)CN(C)CC4)c21. The fraction of sp³-hybridized carbons (Fsp3) is 0.333. The number of rotatable bonds is 2. The van der Waals surface area contributed by atoms with E-state index in [0.29, 0.717) is 12.2 Å². The molecule has 0 spiro atoms. The predicted octanol–water partition coefficient (Wildman–Crippen LogP) is 3.23. The van der Waals surface area contributed by atoms with Crippen molar-refractivity contribution >= 4 is 29.0 Å². The summed E-state index contributed by atoms with van der Waals surface area (Å²) < 4.78 is 0. The van der Waals surface area contributed by atoms with Gasteiger partial charge in [0, 0.05) is 32.2 Å². The highest BCUT2D eigenvalue weighted by Crippen LogP contribution is 2.35. The Morgan fingerprint density at radius 1 is 0.963 bits per heavy atom. The van der Waals surface area contributed by atoms with Gasteiger partial charge in [0.15, 0.2) is 0 Å². The Balaban J connectivity index is 1.51. The number of likely N-dealkylation sites (N-methyl/N-ethyl adjacent to an activating group) is 1. The fourth-order valence-corrected chi connectivity index (χ4v) is 3.93. The first kappa shape index (κ1) is 17.5. The van der Waals surface area contributed by atoms with Crippen molar-refractivity contribution in [2.45, 2.75) is 26.3 Å². The van der Waals surface area contributed by atoms with E-state index < -0.39 is 0 Å². The summed E-state index contributed by atoms with van der Waals surface area (Å²) in [5.74, 6) is -0.0118. The van der Waals surface area contributed by atoms with E-state index in [1.54, 1.807) is 11.8 Å². The molecule has 3 amide bonds. The molecule has 0 atom stereocenters. The molecule has 0 unspecified atom stereocenters. The van der Waals surface area contributed by atoms with Crippen molar-refractivity contribution in [1.82, 2.24) is 4.90 Å². The Bertz CT molecular complexity index is 909. The number of para-hydroxylation sites is 1. The molecule has 0 radical (unpaired) electrons. The molecule has 2 aliphatic heterocycles. The minimum absolute atomic E-state index is 0.0118. The summed E-state index contributed by atoms with van der Waals surface area (Å²) in [4.78, 5) is 28.4. The summed E-state index contributed by atoms with van der Waals surface area (Å²) in [5, 5.41) is 5.83. The van der Waals surface area contributed by atoms with Crippen molar-refractivity contribution in [3.05, 3.63) is 53.1 Å². The van der Waals surface area contributed by atoms with E-state index in [-0.39, 0.29) is 11.9 Å². The number of amides is 3. The minimum Gasteiger partial charge on any atom is -0.310 e. The number of carbonyl (C=O) groups excluding carboxylic acids is 2. The molecule has 4 rings (SSSR count). The number of benzene rings is 2. The second kappa shape index (κ2) is 7.04. The Labute approximate surface area is 159 Å². The van der Waals surface area contributed by atoms with Crippen LogP contribution in [0.15, 0.2) is 36.4 Å². The summed E-state index contributed by atoms with van der Waals surface area (Å²) >= 11 is 0. The van der Waals surface area contributed by atoms with Gasteiger partial charge in [-0.05, 0) is 54.8 Å². The molecule has 2 aromatic rings. The first-order chi connectivity index (χ1) is 13.0. The van der Waals surface area contributed by atoms with Gasteiger partial charge in [0.25, 0.3) is 0 Å². The van der Waals surface area contributed by atoms with Crippen LogP contribution in [-0.4, -0.2) is 37.0 Å². The standard InChI is InChI=1S/C21H24N4O2/c1-14(26)25-11-9-16-4-3-5-19(20(16)25)23-21(27)22-18-7-6-15-8-10-24(2)13-17(15)12-18/h3-7,12H,8-11,13H2,1-2H3,(H2,22,23,27). The molecular formula is C21H24N4O2. The number of fused-ring (bicyclic) bond motifs is 2. The molecule has 2 aromatic carbocycles. The topological polar surface area (TPSA) is 64.7 Å². The number of anilines is 3. The van der Waals surface area contributed by atoms with Crippen LogP contribution in [0.25, 0.3) is 0 Å². The smallest absolute Gasteiger partial charge is 0.310 e. The second-order valence-corrected chi connectivity index (χ2v) is 7.28. The van der Waals surface area contributed by atoms with Crippen molar-refractivity contribution in [1.29, 1.82) is 0 Å². The van der Waals surface area contributed by atoms with E-state index >= 15 is 0 Å². The van der Waals surface area contributed by atoms with Crippen LogP contribution in [0.4, 0.5) is 21.9 Å². The highest BCUT2D eigenvalue weighted by Gasteiger charge is 2.25. The lowest BCUT2D eigenvalue weighted by atomic mass is 9.99. The lowest BCUT2D eigenvalue weighted by Gasteiger charge is -2.25. The predicted molar refractivity (Wildman–Crippen MR) is 107 cm³/mol. The maximum atomic E-state index is 12.6. The van der Waals surface area contributed by atoms with E-state index in [1.807, 2.05) is 30.3 Å². The monoisotopic (exact) mass is 364 g/mol. The van der Waals surface area contributed by atoms with E-state index in [4.69, 9.17) is 0 Å². The van der Waals surface area contributed by atoms with Crippen LogP contribution in [-0.2, 0) is 24.2 Å². The third kappa shape index (κ3) is 3.53. The van der Waals surface area contributed by atoms with Gasteiger partial charge in [-0.2, -0.15) is 0 Å². The van der Waals surface area contributed by atoms with Gasteiger partial charge in [-0.1, -0.05) is 18.2 Å². The molecule has 27 heavy (non-hydrogen) atoms. The third-order valence-corrected chi connectivity index (χ3v) is 5.29. The number of carbonyl (C=O) groups is 2. The van der Waals surface area contributed by atoms with Gasteiger partial charge in [0.1, 0.15) is 0 Å². The molecule has 0 saturated carbocycles. The van der Waals surface area contributed by atoms with Gasteiger partial charge in [-0.25, -0.2) is 4.79 Å². The van der Waals surface area contributed by atoms with Crippen LogP contribution in [0.3, 0.4) is 0 Å². The van der Waals surface area contributed by atoms with Crippen molar-refractivity contribution in [2.75, 3.05) is 35.7 Å². The average molecular weight is 364 g/mol. The molecule has 2 aliphatic rings. The first-order valence-corrected chi connectivity index (χ1v) is 9.29. The van der Waals surface area contributed by atoms with Gasteiger partial charge in [0.05, 0.1) is 11.4 Å². The summed E-state index contributed by atoms with van der Waals surface area (Å²) in [6, 6.07) is 11.5. The number of urea groups is 1. The number of nitrogens with one attached hydrogen (secondary N) is 2. The van der Waals surface area contributed by atoms with Crippen LogP contribution >= 0.6 is 0 Å². The van der Waals surface area contributed by atoms with Crippen LogP contribution < -0.4 is 15.5 Å². The second-order valence-electron chi connectivity index (χ2n) is 7.28. The third-order valence-electron chi connectivity index (χ3n) is 5.29. The van der Waals surface area contributed by atoms with Gasteiger partial charge in [0.2, 0.25) is 5.91 Å². The van der Waals surface area contributed by atoms with E-state index in [1.165, 1.54) is 11.1 Å². The molecule has 6 heteroatoms. The molecule has 140 valence electrons. The molecule has 0 fully saturated rings. The maximum Gasteiger partial charge on any atom is 0.323 e. The summed E-state index contributed by atoms with van der Waals surface area (Å²) in [6.07, 6.45) is 1.85. The lowest BCUT2D eigenvalue weighted by molar-refractivity contribution is -0.116. The highest BCUT2D eigenvalue weighted by molar-refractivity contribution is 6.05. The Morgan fingerprint density at radius 3 is 2.59 bits per heavy atom. The molecule has 0 aromatic heterocycles. The first-order valence-electron chi connectivity index (χ1n) is 9.29. The average Bonchev–Trinajstić information content (AvgIpc) is 3.07. The summed E-state index contributed by atoms with van der Waals surface area (Å²) in [6.45, 7) is 4.16.